The quantitative estimate of drug-likeness (QED) is 0.713. The van der Waals surface area contributed by atoms with E-state index in [-0.39, 0.29) is 24.5 Å². The van der Waals surface area contributed by atoms with Crippen molar-refractivity contribution in [1.82, 2.24) is 5.32 Å². The van der Waals surface area contributed by atoms with Gasteiger partial charge in [0.15, 0.2) is 0 Å². The molecule has 0 bridgehead atoms. The van der Waals surface area contributed by atoms with Crippen molar-refractivity contribution >= 4 is 17.5 Å². The number of rotatable bonds is 8. The zero-order valence-corrected chi connectivity index (χ0v) is 16.1. The summed E-state index contributed by atoms with van der Waals surface area (Å²) in [7, 11) is 0. The van der Waals surface area contributed by atoms with Crippen LogP contribution in [-0.4, -0.2) is 44.2 Å². The lowest BCUT2D eigenvalue weighted by atomic mass is 10.2. The van der Waals surface area contributed by atoms with E-state index in [4.69, 9.17) is 9.47 Å². The monoisotopic (exact) mass is 382 g/mol. The van der Waals surface area contributed by atoms with E-state index in [0.29, 0.717) is 32.5 Å². The van der Waals surface area contributed by atoms with Gasteiger partial charge >= 0.3 is 0 Å². The van der Waals surface area contributed by atoms with E-state index in [1.807, 2.05) is 61.5 Å². The second-order valence-corrected chi connectivity index (χ2v) is 6.84. The molecule has 1 N–H and O–H groups in total. The maximum atomic E-state index is 12.2. The Balaban J connectivity index is 1.38. The number of nitrogens with one attached hydrogen (secondary N) is 1. The number of morpholine rings is 1. The highest BCUT2D eigenvalue weighted by molar-refractivity contribution is 5.95. The highest BCUT2D eigenvalue weighted by Crippen LogP contribution is 2.19. The molecule has 2 amide bonds. The van der Waals surface area contributed by atoms with Gasteiger partial charge in [0.25, 0.3) is 5.91 Å². The number of hydrogen-bond donors (Lipinski definition) is 1. The number of benzene rings is 2. The van der Waals surface area contributed by atoms with Crippen molar-refractivity contribution < 1.29 is 19.1 Å². The van der Waals surface area contributed by atoms with Gasteiger partial charge in [0, 0.05) is 18.7 Å². The molecule has 1 heterocycles. The normalized spacial score (nSPS) is 16.7. The van der Waals surface area contributed by atoms with Crippen LogP contribution in [0.1, 0.15) is 18.4 Å². The fourth-order valence-corrected chi connectivity index (χ4v) is 2.98. The van der Waals surface area contributed by atoms with Gasteiger partial charge in [-0.25, -0.2) is 0 Å². The predicted molar refractivity (Wildman–Crippen MR) is 107 cm³/mol. The van der Waals surface area contributed by atoms with Gasteiger partial charge < -0.3 is 19.7 Å². The molecule has 1 atom stereocenters. The fraction of sp³-hybridized carbons (Fsp3) is 0.364. The van der Waals surface area contributed by atoms with Crippen molar-refractivity contribution in [1.29, 1.82) is 0 Å². The molecule has 0 saturated carbocycles. The van der Waals surface area contributed by atoms with Crippen molar-refractivity contribution in [3.8, 4) is 5.75 Å². The summed E-state index contributed by atoms with van der Waals surface area (Å²) in [5, 5.41) is 2.89. The molecule has 148 valence electrons. The Morgan fingerprint density at radius 3 is 2.68 bits per heavy atom. The lowest BCUT2D eigenvalue weighted by Gasteiger charge is -2.33. The number of aryl methyl sites for hydroxylation is 1. The van der Waals surface area contributed by atoms with Crippen LogP contribution >= 0.6 is 0 Å². The first-order chi connectivity index (χ1) is 13.6. The van der Waals surface area contributed by atoms with E-state index in [9.17, 15) is 9.59 Å². The van der Waals surface area contributed by atoms with Gasteiger partial charge in [-0.05, 0) is 37.6 Å². The number of para-hydroxylation sites is 1. The maximum absolute atomic E-state index is 12.2. The SMILES string of the molecule is Cc1ccc(N2CC(CNC(=O)CCCOc3ccccc3)OCC2=O)cc1. The zero-order valence-electron chi connectivity index (χ0n) is 16.1. The first-order valence-electron chi connectivity index (χ1n) is 9.55. The highest BCUT2D eigenvalue weighted by Gasteiger charge is 2.27. The fourth-order valence-electron chi connectivity index (χ4n) is 2.98. The van der Waals surface area contributed by atoms with E-state index >= 15 is 0 Å². The Morgan fingerprint density at radius 1 is 1.18 bits per heavy atom. The average molecular weight is 382 g/mol. The van der Waals surface area contributed by atoms with Crippen LogP contribution in [0.4, 0.5) is 5.69 Å². The maximum Gasteiger partial charge on any atom is 0.253 e. The summed E-state index contributed by atoms with van der Waals surface area (Å²) >= 11 is 0. The van der Waals surface area contributed by atoms with Crippen molar-refractivity contribution in [3.05, 3.63) is 60.2 Å². The number of amides is 2. The largest absolute Gasteiger partial charge is 0.494 e. The molecule has 1 aliphatic heterocycles. The molecule has 2 aromatic carbocycles. The van der Waals surface area contributed by atoms with Gasteiger partial charge in [0.2, 0.25) is 5.91 Å². The van der Waals surface area contributed by atoms with Gasteiger partial charge in [-0.3, -0.25) is 9.59 Å². The van der Waals surface area contributed by atoms with Crippen molar-refractivity contribution in [2.45, 2.75) is 25.9 Å². The van der Waals surface area contributed by atoms with Crippen LogP contribution in [0.2, 0.25) is 0 Å². The van der Waals surface area contributed by atoms with Gasteiger partial charge in [-0.2, -0.15) is 0 Å². The van der Waals surface area contributed by atoms with Crippen molar-refractivity contribution in [3.63, 3.8) is 0 Å². The van der Waals surface area contributed by atoms with Crippen molar-refractivity contribution in [2.24, 2.45) is 0 Å². The van der Waals surface area contributed by atoms with Crippen LogP contribution in [0, 0.1) is 6.92 Å². The molecule has 1 unspecified atom stereocenters. The molecular formula is C22H26N2O4. The zero-order chi connectivity index (χ0) is 19.8. The Morgan fingerprint density at radius 2 is 1.93 bits per heavy atom. The van der Waals surface area contributed by atoms with Crippen LogP contribution in [0.25, 0.3) is 0 Å². The summed E-state index contributed by atoms with van der Waals surface area (Å²) in [5.74, 6) is 0.697. The molecule has 1 fully saturated rings. The third kappa shape index (κ3) is 5.82. The molecule has 3 rings (SSSR count). The van der Waals surface area contributed by atoms with E-state index in [1.54, 1.807) is 4.90 Å². The molecule has 28 heavy (non-hydrogen) atoms. The number of carbonyl (C=O) groups is 2. The van der Waals surface area contributed by atoms with Gasteiger partial charge in [0.05, 0.1) is 19.3 Å². The Kier molecular flexibility index (Phi) is 7.03. The first-order valence-corrected chi connectivity index (χ1v) is 9.55. The van der Waals surface area contributed by atoms with E-state index < -0.39 is 0 Å². The minimum absolute atomic E-state index is 0.0271. The molecule has 6 heteroatoms. The standard InChI is InChI=1S/C22H26N2O4/c1-17-9-11-18(12-10-17)24-15-20(28-16-22(24)26)14-23-21(25)8-5-13-27-19-6-3-2-4-7-19/h2-4,6-7,9-12,20H,5,8,13-16H2,1H3,(H,23,25). The van der Waals surface area contributed by atoms with Gasteiger partial charge in [0.1, 0.15) is 12.4 Å². The summed E-state index contributed by atoms with van der Waals surface area (Å²) < 4.78 is 11.2. The van der Waals surface area contributed by atoms with E-state index in [0.717, 1.165) is 17.0 Å². The molecule has 6 nitrogen and oxygen atoms in total. The molecule has 1 aliphatic rings. The Hall–Kier alpha value is -2.86. The highest BCUT2D eigenvalue weighted by atomic mass is 16.5. The minimum Gasteiger partial charge on any atom is -0.494 e. The van der Waals surface area contributed by atoms with Crippen LogP contribution in [-0.2, 0) is 14.3 Å². The van der Waals surface area contributed by atoms with E-state index in [2.05, 4.69) is 5.32 Å². The Labute approximate surface area is 165 Å². The molecule has 2 aromatic rings. The van der Waals surface area contributed by atoms with Crippen LogP contribution in [0.3, 0.4) is 0 Å². The number of hydrogen-bond acceptors (Lipinski definition) is 4. The van der Waals surface area contributed by atoms with Gasteiger partial charge in [-0.1, -0.05) is 35.9 Å². The number of carbonyl (C=O) groups excluding carboxylic acids is 2. The molecule has 0 radical (unpaired) electrons. The number of ether oxygens (including phenoxy) is 2. The molecule has 1 saturated heterocycles. The first kappa shape index (κ1) is 19.9. The topological polar surface area (TPSA) is 67.9 Å². The summed E-state index contributed by atoms with van der Waals surface area (Å²) in [6, 6.07) is 17.4. The van der Waals surface area contributed by atoms with Crippen molar-refractivity contribution in [2.75, 3.05) is 31.2 Å². The van der Waals surface area contributed by atoms with E-state index in [1.165, 1.54) is 0 Å². The van der Waals surface area contributed by atoms with Crippen LogP contribution < -0.4 is 15.0 Å². The Bertz CT molecular complexity index is 777. The summed E-state index contributed by atoms with van der Waals surface area (Å²) in [4.78, 5) is 25.9. The summed E-state index contributed by atoms with van der Waals surface area (Å²) in [6.45, 7) is 3.34. The molecule has 0 spiro atoms. The van der Waals surface area contributed by atoms with Gasteiger partial charge in [-0.15, -0.1) is 0 Å². The molecule has 0 aromatic heterocycles. The molecular weight excluding hydrogens is 356 g/mol. The second kappa shape index (κ2) is 9.90. The lowest BCUT2D eigenvalue weighted by Crippen LogP contribution is -2.50. The number of nitrogens with zero attached hydrogens (tertiary/aromatic N) is 1. The average Bonchev–Trinajstić information content (AvgIpc) is 2.72. The lowest BCUT2D eigenvalue weighted by molar-refractivity contribution is -0.129. The summed E-state index contributed by atoms with van der Waals surface area (Å²) in [6.07, 6.45) is 0.809. The molecule has 0 aliphatic carbocycles. The third-order valence-electron chi connectivity index (χ3n) is 4.56. The minimum atomic E-state index is -0.219. The van der Waals surface area contributed by atoms with Crippen LogP contribution in [0.15, 0.2) is 54.6 Å². The smallest absolute Gasteiger partial charge is 0.253 e. The predicted octanol–water partition coefficient (Wildman–Crippen LogP) is 2.70. The van der Waals surface area contributed by atoms with Crippen LogP contribution in [0.5, 0.6) is 5.75 Å². The number of anilines is 1. The summed E-state index contributed by atoms with van der Waals surface area (Å²) in [5.41, 5.74) is 2.00. The second-order valence-electron chi connectivity index (χ2n) is 6.84. The third-order valence-corrected chi connectivity index (χ3v) is 4.56.